The van der Waals surface area contributed by atoms with E-state index in [4.69, 9.17) is 4.74 Å². The highest BCUT2D eigenvalue weighted by molar-refractivity contribution is 7.92. The quantitative estimate of drug-likeness (QED) is 0.437. The van der Waals surface area contributed by atoms with Crippen LogP contribution in [0, 0.1) is 0 Å². The highest BCUT2D eigenvalue weighted by Gasteiger charge is 2.29. The molecular weight excluding hydrogens is 454 g/mol. The molecular formula is C25H35N3O5S. The monoisotopic (exact) mass is 489 g/mol. The fourth-order valence-electron chi connectivity index (χ4n) is 3.49. The molecule has 9 heteroatoms. The van der Waals surface area contributed by atoms with Crippen molar-refractivity contribution in [3.8, 4) is 5.75 Å². The summed E-state index contributed by atoms with van der Waals surface area (Å²) in [4.78, 5) is 27.6. The van der Waals surface area contributed by atoms with E-state index < -0.39 is 28.5 Å². The molecule has 34 heavy (non-hydrogen) atoms. The van der Waals surface area contributed by atoms with Crippen molar-refractivity contribution in [2.45, 2.75) is 39.2 Å². The minimum atomic E-state index is -3.77. The van der Waals surface area contributed by atoms with Crippen molar-refractivity contribution in [1.29, 1.82) is 0 Å². The van der Waals surface area contributed by atoms with Crippen LogP contribution in [0.1, 0.15) is 32.3 Å². The van der Waals surface area contributed by atoms with E-state index in [0.29, 0.717) is 24.4 Å². The number of hydrogen-bond donors (Lipinski definition) is 1. The van der Waals surface area contributed by atoms with Crippen molar-refractivity contribution >= 4 is 27.5 Å². The summed E-state index contributed by atoms with van der Waals surface area (Å²) in [7, 11) is -2.29. The molecule has 0 bridgehead atoms. The van der Waals surface area contributed by atoms with Gasteiger partial charge in [-0.3, -0.25) is 13.9 Å². The Kier molecular flexibility index (Phi) is 10.4. The van der Waals surface area contributed by atoms with Gasteiger partial charge in [-0.2, -0.15) is 0 Å². The van der Waals surface area contributed by atoms with Gasteiger partial charge in [0.15, 0.2) is 0 Å². The normalized spacial score (nSPS) is 12.0. The molecule has 0 saturated heterocycles. The first-order valence-corrected chi connectivity index (χ1v) is 13.2. The molecule has 2 aromatic carbocycles. The Bertz CT molecular complexity index is 1040. The first-order valence-electron chi connectivity index (χ1n) is 11.4. The number of methoxy groups -OCH3 is 1. The smallest absolute Gasteiger partial charge is 0.244 e. The molecule has 0 radical (unpaired) electrons. The summed E-state index contributed by atoms with van der Waals surface area (Å²) >= 11 is 0. The van der Waals surface area contributed by atoms with E-state index in [1.54, 1.807) is 31.2 Å². The number of hydrogen-bond acceptors (Lipinski definition) is 5. The van der Waals surface area contributed by atoms with Gasteiger partial charge in [-0.25, -0.2) is 8.42 Å². The fraction of sp³-hybridized carbons (Fsp3) is 0.440. The number of nitrogens with one attached hydrogen (secondary N) is 1. The van der Waals surface area contributed by atoms with Gasteiger partial charge >= 0.3 is 0 Å². The van der Waals surface area contributed by atoms with Crippen LogP contribution in [-0.2, 0) is 26.0 Å². The molecule has 0 aliphatic carbocycles. The average Bonchev–Trinajstić information content (AvgIpc) is 2.82. The van der Waals surface area contributed by atoms with Crippen molar-refractivity contribution in [3.05, 3.63) is 60.2 Å². The topological polar surface area (TPSA) is 96.0 Å². The molecule has 1 atom stereocenters. The SMILES string of the molecule is CCCCNC(=O)[C@H](C)N(CCc1ccccc1)C(=O)CN(c1cccc(OC)c1)S(C)(=O)=O. The second-order valence-electron chi connectivity index (χ2n) is 8.11. The Morgan fingerprint density at radius 3 is 2.41 bits per heavy atom. The number of amides is 2. The van der Waals surface area contributed by atoms with E-state index in [1.165, 1.54) is 12.0 Å². The summed E-state index contributed by atoms with van der Waals surface area (Å²) < 4.78 is 31.4. The van der Waals surface area contributed by atoms with Crippen molar-refractivity contribution in [2.24, 2.45) is 0 Å². The third-order valence-electron chi connectivity index (χ3n) is 5.50. The van der Waals surface area contributed by atoms with E-state index in [1.807, 2.05) is 37.3 Å². The third kappa shape index (κ3) is 8.06. The minimum absolute atomic E-state index is 0.262. The number of carbonyl (C=O) groups is 2. The lowest BCUT2D eigenvalue weighted by atomic mass is 10.1. The molecule has 0 fully saturated rings. The number of rotatable bonds is 13. The predicted molar refractivity (Wildman–Crippen MR) is 134 cm³/mol. The van der Waals surface area contributed by atoms with Crippen molar-refractivity contribution in [2.75, 3.05) is 37.3 Å². The summed E-state index contributed by atoms with van der Waals surface area (Å²) in [5.41, 5.74) is 1.34. The number of carbonyl (C=O) groups excluding carboxylic acids is 2. The maximum absolute atomic E-state index is 13.4. The van der Waals surface area contributed by atoms with E-state index in [9.17, 15) is 18.0 Å². The zero-order valence-electron chi connectivity index (χ0n) is 20.4. The molecule has 0 heterocycles. The lowest BCUT2D eigenvalue weighted by Crippen LogP contribution is -2.52. The highest BCUT2D eigenvalue weighted by atomic mass is 32.2. The Hall–Kier alpha value is -3.07. The largest absolute Gasteiger partial charge is 0.497 e. The summed E-state index contributed by atoms with van der Waals surface area (Å²) in [5.74, 6) is -0.243. The second-order valence-corrected chi connectivity index (χ2v) is 10.0. The van der Waals surface area contributed by atoms with Crippen LogP contribution in [0.15, 0.2) is 54.6 Å². The van der Waals surface area contributed by atoms with E-state index in [0.717, 1.165) is 29.0 Å². The van der Waals surface area contributed by atoms with E-state index in [2.05, 4.69) is 5.32 Å². The third-order valence-corrected chi connectivity index (χ3v) is 6.64. The Balaban J connectivity index is 2.28. The van der Waals surface area contributed by atoms with Crippen LogP contribution in [0.3, 0.4) is 0 Å². The van der Waals surface area contributed by atoms with Gasteiger partial charge in [0.25, 0.3) is 0 Å². The molecule has 0 aliphatic rings. The molecule has 2 rings (SSSR count). The molecule has 2 aromatic rings. The van der Waals surface area contributed by atoms with Crippen LogP contribution in [0.5, 0.6) is 5.75 Å². The maximum atomic E-state index is 13.4. The average molecular weight is 490 g/mol. The first kappa shape index (κ1) is 27.2. The zero-order chi connectivity index (χ0) is 25.1. The molecule has 1 N–H and O–H groups in total. The highest BCUT2D eigenvalue weighted by Crippen LogP contribution is 2.23. The number of nitrogens with zero attached hydrogens (tertiary/aromatic N) is 2. The Morgan fingerprint density at radius 1 is 1.09 bits per heavy atom. The number of unbranched alkanes of at least 4 members (excludes halogenated alkanes) is 1. The van der Waals surface area contributed by atoms with E-state index in [-0.39, 0.29) is 12.5 Å². The summed E-state index contributed by atoms with van der Waals surface area (Å²) in [6, 6.07) is 15.4. The summed E-state index contributed by atoms with van der Waals surface area (Å²) in [6.07, 6.45) is 3.37. The molecule has 0 saturated carbocycles. The van der Waals surface area contributed by atoms with Gasteiger partial charge in [0.05, 0.1) is 19.1 Å². The van der Waals surface area contributed by atoms with Gasteiger partial charge in [0, 0.05) is 19.2 Å². The Morgan fingerprint density at radius 2 is 1.79 bits per heavy atom. The first-order chi connectivity index (χ1) is 16.2. The lowest BCUT2D eigenvalue weighted by Gasteiger charge is -2.31. The van der Waals surface area contributed by atoms with Crippen LogP contribution in [0.2, 0.25) is 0 Å². The standard InChI is InChI=1S/C25H35N3O5S/c1-5-6-16-26-25(30)20(2)27(17-15-21-11-8-7-9-12-21)24(29)19-28(34(4,31)32)22-13-10-14-23(18-22)33-3/h7-14,18,20H,5-6,15-17,19H2,1-4H3,(H,26,30)/t20-/m0/s1. The minimum Gasteiger partial charge on any atom is -0.497 e. The summed E-state index contributed by atoms with van der Waals surface area (Å²) in [5, 5.41) is 2.87. The molecule has 0 aromatic heterocycles. The van der Waals surface area contributed by atoms with Crippen LogP contribution >= 0.6 is 0 Å². The maximum Gasteiger partial charge on any atom is 0.244 e. The van der Waals surface area contributed by atoms with Crippen molar-refractivity contribution < 1.29 is 22.7 Å². The number of ether oxygens (including phenoxy) is 1. The fourth-order valence-corrected chi connectivity index (χ4v) is 4.33. The predicted octanol–water partition coefficient (Wildman–Crippen LogP) is 2.84. The van der Waals surface area contributed by atoms with Gasteiger partial charge in [-0.1, -0.05) is 49.7 Å². The number of sulfonamides is 1. The van der Waals surface area contributed by atoms with Crippen LogP contribution in [0.4, 0.5) is 5.69 Å². The lowest BCUT2D eigenvalue weighted by molar-refractivity contribution is -0.138. The van der Waals surface area contributed by atoms with E-state index >= 15 is 0 Å². The molecule has 0 spiro atoms. The number of anilines is 1. The van der Waals surface area contributed by atoms with Gasteiger partial charge in [-0.15, -0.1) is 0 Å². The molecule has 186 valence electrons. The number of benzene rings is 2. The van der Waals surface area contributed by atoms with Gasteiger partial charge < -0.3 is 15.0 Å². The molecule has 8 nitrogen and oxygen atoms in total. The van der Waals surface area contributed by atoms with Crippen LogP contribution in [-0.4, -0.2) is 64.2 Å². The van der Waals surface area contributed by atoms with Crippen molar-refractivity contribution in [1.82, 2.24) is 10.2 Å². The van der Waals surface area contributed by atoms with Gasteiger partial charge in [-0.05, 0) is 37.5 Å². The molecule has 0 unspecified atom stereocenters. The molecule has 0 aliphatic heterocycles. The summed E-state index contributed by atoms with van der Waals surface area (Å²) in [6.45, 7) is 4.08. The zero-order valence-corrected chi connectivity index (χ0v) is 21.2. The van der Waals surface area contributed by atoms with Gasteiger partial charge in [0.1, 0.15) is 18.3 Å². The molecule has 2 amide bonds. The second kappa shape index (κ2) is 13.0. The Labute approximate surface area is 202 Å². The van der Waals surface area contributed by atoms with Crippen molar-refractivity contribution in [3.63, 3.8) is 0 Å². The van der Waals surface area contributed by atoms with Gasteiger partial charge in [0.2, 0.25) is 21.8 Å². The van der Waals surface area contributed by atoms with Crippen LogP contribution in [0.25, 0.3) is 0 Å². The van der Waals surface area contributed by atoms with Crippen LogP contribution < -0.4 is 14.4 Å².